The molecular weight excluding hydrogens is 456 g/mol. The van der Waals surface area contributed by atoms with E-state index in [9.17, 15) is 9.18 Å². The number of hydrogen-bond acceptors (Lipinski definition) is 6. The Bertz CT molecular complexity index is 1080. The molecule has 0 saturated heterocycles. The smallest absolute Gasteiger partial charge is 0.411 e. The topological polar surface area (TPSA) is 88.2 Å². The summed E-state index contributed by atoms with van der Waals surface area (Å²) in [5.74, 6) is -0.394. The van der Waals surface area contributed by atoms with E-state index in [1.165, 1.54) is 0 Å². The number of rotatable bonds is 5. The van der Waals surface area contributed by atoms with E-state index in [2.05, 4.69) is 25.9 Å². The van der Waals surface area contributed by atoms with E-state index in [-0.39, 0.29) is 17.8 Å². The number of alkyl carbamates (subject to hydrolysis) is 1. The fourth-order valence-electron chi connectivity index (χ4n) is 2.58. The Kier molecular flexibility index (Phi) is 7.37. The van der Waals surface area contributed by atoms with E-state index >= 15 is 0 Å². The largest absolute Gasteiger partial charge is 0.444 e. The standard InChI is InChI=1S/C22H22Cl2FN5O2/c1-22(2,3)32-21(31)27-11-13-4-6-14(7-5-13)29-20-26-12-18(25)19(30-20)28-15-8-9-16(23)17(24)10-15/h4-12,14H,1-3H3,(H,27,31)(H2,26,28,29,30). The molecule has 0 atom stereocenters. The molecule has 1 aliphatic rings. The number of ether oxygens (including phenoxy) is 1. The van der Waals surface area contributed by atoms with E-state index in [1.54, 1.807) is 45.2 Å². The average molecular weight is 478 g/mol. The number of benzene rings is 1. The third-order valence-corrected chi connectivity index (χ3v) is 4.71. The molecule has 2 aromatic rings. The first-order valence-corrected chi connectivity index (χ1v) is 10.4. The van der Waals surface area contributed by atoms with Gasteiger partial charge >= 0.3 is 6.09 Å². The summed E-state index contributed by atoms with van der Waals surface area (Å²) >= 11 is 11.9. The molecule has 0 saturated carbocycles. The summed E-state index contributed by atoms with van der Waals surface area (Å²) in [5.41, 5.74) is 0.738. The van der Waals surface area contributed by atoms with Crippen LogP contribution in [0.3, 0.4) is 0 Å². The quantitative estimate of drug-likeness (QED) is 0.490. The molecule has 10 heteroatoms. The van der Waals surface area contributed by atoms with Crippen LogP contribution in [0.2, 0.25) is 10.0 Å². The molecule has 0 fully saturated rings. The molecule has 0 bridgehead atoms. The molecule has 7 nitrogen and oxygen atoms in total. The van der Waals surface area contributed by atoms with Crippen molar-refractivity contribution in [1.82, 2.24) is 15.3 Å². The monoisotopic (exact) mass is 477 g/mol. The molecular formula is C22H22Cl2FN5O2. The lowest BCUT2D eigenvalue weighted by molar-refractivity contribution is 0.0552. The molecule has 0 unspecified atom stereocenters. The van der Waals surface area contributed by atoms with Gasteiger partial charge in [0.05, 0.1) is 22.3 Å². The van der Waals surface area contributed by atoms with Crippen molar-refractivity contribution in [3.05, 3.63) is 76.3 Å². The second-order valence-corrected chi connectivity index (χ2v) is 8.64. The summed E-state index contributed by atoms with van der Waals surface area (Å²) in [6.45, 7) is 5.37. The Morgan fingerprint density at radius 1 is 1.19 bits per heavy atom. The zero-order chi connectivity index (χ0) is 23.3. The molecule has 168 valence electrons. The molecule has 1 heterocycles. The van der Waals surface area contributed by atoms with Crippen LogP contribution in [-0.4, -0.2) is 27.7 Å². The molecule has 1 aliphatic carbocycles. The van der Waals surface area contributed by atoms with Gasteiger partial charge in [0, 0.05) is 11.9 Å². The maximum Gasteiger partial charge on any atom is 0.411 e. The van der Waals surface area contributed by atoms with Gasteiger partial charge in [-0.25, -0.2) is 14.2 Å². The molecule has 0 radical (unpaired) electrons. The van der Waals surface area contributed by atoms with Crippen LogP contribution in [0.1, 0.15) is 20.8 Å². The zero-order valence-electron chi connectivity index (χ0n) is 17.6. The summed E-state index contributed by atoms with van der Waals surface area (Å²) in [4.78, 5) is 19.9. The van der Waals surface area contributed by atoms with Crippen LogP contribution in [-0.2, 0) is 4.74 Å². The number of carbonyl (C=O) groups is 1. The number of anilines is 3. The van der Waals surface area contributed by atoms with Gasteiger partial charge in [0.25, 0.3) is 0 Å². The van der Waals surface area contributed by atoms with E-state index in [0.29, 0.717) is 15.7 Å². The number of halogens is 3. The van der Waals surface area contributed by atoms with E-state index in [1.807, 2.05) is 24.3 Å². The number of hydrogen-bond donors (Lipinski definition) is 3. The van der Waals surface area contributed by atoms with Crippen LogP contribution in [0.4, 0.5) is 26.6 Å². The number of nitrogens with zero attached hydrogens (tertiary/aromatic N) is 2. The Morgan fingerprint density at radius 3 is 2.56 bits per heavy atom. The van der Waals surface area contributed by atoms with Crippen molar-refractivity contribution in [2.75, 3.05) is 10.6 Å². The summed E-state index contributed by atoms with van der Waals surface area (Å²) in [6.07, 6.45) is 9.41. The minimum absolute atomic E-state index is 0.00759. The van der Waals surface area contributed by atoms with Crippen molar-refractivity contribution < 1.29 is 13.9 Å². The normalized spacial score (nSPS) is 15.3. The van der Waals surface area contributed by atoms with Crippen molar-refractivity contribution in [2.45, 2.75) is 32.4 Å². The average Bonchev–Trinajstić information content (AvgIpc) is 2.71. The van der Waals surface area contributed by atoms with E-state index < -0.39 is 17.5 Å². The molecule has 1 aromatic carbocycles. The van der Waals surface area contributed by atoms with Crippen LogP contribution in [0.25, 0.3) is 0 Å². The summed E-state index contributed by atoms with van der Waals surface area (Å²) in [5, 5.41) is 9.26. The Labute approximate surface area is 195 Å². The van der Waals surface area contributed by atoms with Crippen molar-refractivity contribution in [1.29, 1.82) is 0 Å². The molecule has 32 heavy (non-hydrogen) atoms. The lowest BCUT2D eigenvalue weighted by Crippen LogP contribution is -2.29. The molecule has 0 aliphatic heterocycles. The van der Waals surface area contributed by atoms with Crippen LogP contribution in [0.5, 0.6) is 0 Å². The number of nitrogens with one attached hydrogen (secondary N) is 3. The number of carbonyl (C=O) groups excluding carboxylic acids is 1. The Balaban J connectivity index is 1.61. The maximum atomic E-state index is 14.2. The number of amides is 1. The van der Waals surface area contributed by atoms with Crippen LogP contribution < -0.4 is 16.0 Å². The second-order valence-electron chi connectivity index (χ2n) is 7.82. The Morgan fingerprint density at radius 2 is 1.91 bits per heavy atom. The molecule has 0 spiro atoms. The minimum atomic E-state index is -0.616. The highest BCUT2D eigenvalue weighted by atomic mass is 35.5. The first-order chi connectivity index (χ1) is 15.1. The van der Waals surface area contributed by atoms with Gasteiger partial charge in [0.2, 0.25) is 5.95 Å². The molecule has 1 amide bonds. The fourth-order valence-corrected chi connectivity index (χ4v) is 2.87. The summed E-state index contributed by atoms with van der Waals surface area (Å²) < 4.78 is 19.3. The lowest BCUT2D eigenvalue weighted by Gasteiger charge is -2.19. The third-order valence-electron chi connectivity index (χ3n) is 3.97. The van der Waals surface area contributed by atoms with Gasteiger partial charge in [-0.2, -0.15) is 4.98 Å². The van der Waals surface area contributed by atoms with Crippen LogP contribution >= 0.6 is 23.2 Å². The highest BCUT2D eigenvalue weighted by molar-refractivity contribution is 6.42. The highest BCUT2D eigenvalue weighted by Gasteiger charge is 2.15. The molecule has 3 N–H and O–H groups in total. The van der Waals surface area contributed by atoms with Crippen molar-refractivity contribution in [2.24, 2.45) is 0 Å². The first kappa shape index (κ1) is 23.6. The third kappa shape index (κ3) is 6.96. The van der Waals surface area contributed by atoms with Crippen molar-refractivity contribution in [3.8, 4) is 0 Å². The summed E-state index contributed by atoms with van der Waals surface area (Å²) in [6, 6.07) is 4.61. The van der Waals surface area contributed by atoms with E-state index in [4.69, 9.17) is 27.9 Å². The lowest BCUT2D eigenvalue weighted by atomic mass is 10.1. The van der Waals surface area contributed by atoms with Gasteiger partial charge in [-0.15, -0.1) is 0 Å². The fraction of sp³-hybridized carbons (Fsp3) is 0.227. The first-order valence-electron chi connectivity index (χ1n) is 9.66. The predicted octanol–water partition coefficient (Wildman–Crippen LogP) is 5.98. The van der Waals surface area contributed by atoms with Gasteiger partial charge in [-0.3, -0.25) is 5.32 Å². The predicted molar refractivity (Wildman–Crippen MR) is 125 cm³/mol. The SMILES string of the molecule is CC(C)(C)OC(=O)NC=C1C=CC(Nc2ncc(F)c(Nc3ccc(Cl)c(Cl)c3)n2)C=C1. The number of aromatic nitrogens is 2. The molecule has 3 rings (SSSR count). The number of allylic oxidation sites excluding steroid dienone is 3. The van der Waals surface area contributed by atoms with Gasteiger partial charge in [-0.05, 0) is 44.5 Å². The van der Waals surface area contributed by atoms with Crippen LogP contribution in [0.15, 0.2) is 60.5 Å². The van der Waals surface area contributed by atoms with Crippen molar-refractivity contribution in [3.63, 3.8) is 0 Å². The molecule has 1 aromatic heterocycles. The minimum Gasteiger partial charge on any atom is -0.444 e. The van der Waals surface area contributed by atoms with Gasteiger partial charge in [0.15, 0.2) is 11.6 Å². The Hall–Kier alpha value is -3.10. The van der Waals surface area contributed by atoms with Gasteiger partial charge in [0.1, 0.15) is 5.60 Å². The van der Waals surface area contributed by atoms with E-state index in [0.717, 1.165) is 11.8 Å². The van der Waals surface area contributed by atoms with Gasteiger partial charge < -0.3 is 15.4 Å². The maximum absolute atomic E-state index is 14.2. The zero-order valence-corrected chi connectivity index (χ0v) is 19.1. The second kappa shape index (κ2) is 10.0. The van der Waals surface area contributed by atoms with Gasteiger partial charge in [-0.1, -0.05) is 47.5 Å². The van der Waals surface area contributed by atoms with Crippen molar-refractivity contribution >= 4 is 46.7 Å². The van der Waals surface area contributed by atoms with Crippen LogP contribution in [0, 0.1) is 5.82 Å². The summed E-state index contributed by atoms with van der Waals surface area (Å²) in [7, 11) is 0. The highest BCUT2D eigenvalue weighted by Crippen LogP contribution is 2.27.